The number of rotatable bonds is 9. The van der Waals surface area contributed by atoms with Crippen molar-refractivity contribution in [2.24, 2.45) is 0 Å². The van der Waals surface area contributed by atoms with Crippen molar-refractivity contribution in [2.45, 2.75) is 26.9 Å². The predicted molar refractivity (Wildman–Crippen MR) is 120 cm³/mol. The Hall–Kier alpha value is -2.78. The van der Waals surface area contributed by atoms with Crippen LogP contribution in [0.1, 0.15) is 31.1 Å². The molecule has 0 saturated carbocycles. The maximum absolute atomic E-state index is 12.5. The van der Waals surface area contributed by atoms with Gasteiger partial charge in [-0.1, -0.05) is 11.6 Å². The first kappa shape index (κ1) is 24.5. The third-order valence-corrected chi connectivity index (χ3v) is 5.39. The molecule has 0 unspecified atom stereocenters. The highest BCUT2D eigenvalue weighted by Gasteiger charge is 2.22. The normalized spacial score (nSPS) is 11.2. The molecule has 168 valence electrons. The zero-order valence-corrected chi connectivity index (χ0v) is 19.3. The summed E-state index contributed by atoms with van der Waals surface area (Å²) in [7, 11) is -3.74. The van der Waals surface area contributed by atoms with Gasteiger partial charge in [0.05, 0.1) is 40.9 Å². The smallest absolute Gasteiger partial charge is 0.338 e. The van der Waals surface area contributed by atoms with Gasteiger partial charge >= 0.3 is 5.97 Å². The number of hydrogen-bond acceptors (Lipinski definition) is 6. The summed E-state index contributed by atoms with van der Waals surface area (Å²) < 4.78 is 36.0. The van der Waals surface area contributed by atoms with Gasteiger partial charge in [0, 0.05) is 0 Å². The summed E-state index contributed by atoms with van der Waals surface area (Å²) in [5.41, 5.74) is 0.803. The van der Waals surface area contributed by atoms with E-state index in [1.54, 1.807) is 31.2 Å². The second kappa shape index (κ2) is 10.5. The van der Waals surface area contributed by atoms with E-state index in [1.165, 1.54) is 18.2 Å². The maximum Gasteiger partial charge on any atom is 0.338 e. The van der Waals surface area contributed by atoms with Crippen LogP contribution in [0.5, 0.6) is 5.75 Å². The van der Waals surface area contributed by atoms with Crippen LogP contribution in [0.3, 0.4) is 0 Å². The molecule has 1 amide bonds. The number of carbonyl (C=O) groups is 2. The molecule has 8 nitrogen and oxygen atoms in total. The lowest BCUT2D eigenvalue weighted by Gasteiger charge is -2.22. The molecule has 0 heterocycles. The molecule has 1 N–H and O–H groups in total. The monoisotopic (exact) mass is 468 g/mol. The molecular weight excluding hydrogens is 444 g/mol. The molecule has 0 aromatic heterocycles. The lowest BCUT2D eigenvalue weighted by atomic mass is 10.2. The predicted octanol–water partition coefficient (Wildman–Crippen LogP) is 3.71. The van der Waals surface area contributed by atoms with Crippen molar-refractivity contribution in [1.82, 2.24) is 0 Å². The Morgan fingerprint density at radius 2 is 1.77 bits per heavy atom. The molecule has 0 bridgehead atoms. The Morgan fingerprint density at radius 3 is 2.29 bits per heavy atom. The summed E-state index contributed by atoms with van der Waals surface area (Å²) in [5.74, 6) is -0.542. The van der Waals surface area contributed by atoms with Crippen LogP contribution in [0.2, 0.25) is 5.02 Å². The van der Waals surface area contributed by atoms with E-state index in [2.05, 4.69) is 5.32 Å². The van der Waals surface area contributed by atoms with Crippen LogP contribution >= 0.6 is 11.6 Å². The number of nitrogens with one attached hydrogen (secondary N) is 1. The summed E-state index contributed by atoms with van der Waals surface area (Å²) in [6, 6.07) is 10.7. The van der Waals surface area contributed by atoms with E-state index in [-0.39, 0.29) is 29.0 Å². The number of anilines is 2. The summed E-state index contributed by atoms with van der Waals surface area (Å²) in [6.45, 7) is 5.21. The molecule has 2 aromatic carbocycles. The van der Waals surface area contributed by atoms with Crippen molar-refractivity contribution in [3.05, 3.63) is 53.1 Å². The number of hydrogen-bond donors (Lipinski definition) is 1. The molecule has 0 aliphatic heterocycles. The minimum Gasteiger partial charge on any atom is -0.491 e. The molecule has 0 saturated heterocycles. The Balaban J connectivity index is 2.16. The summed E-state index contributed by atoms with van der Waals surface area (Å²) >= 11 is 6.15. The summed E-state index contributed by atoms with van der Waals surface area (Å²) in [4.78, 5) is 24.3. The van der Waals surface area contributed by atoms with Crippen molar-refractivity contribution in [1.29, 1.82) is 0 Å². The molecule has 0 atom stereocenters. The van der Waals surface area contributed by atoms with E-state index in [9.17, 15) is 18.0 Å². The Kier molecular flexibility index (Phi) is 8.29. The first-order chi connectivity index (χ1) is 14.5. The van der Waals surface area contributed by atoms with Gasteiger partial charge < -0.3 is 14.8 Å². The number of benzene rings is 2. The maximum atomic E-state index is 12.5. The van der Waals surface area contributed by atoms with Crippen molar-refractivity contribution in [3.63, 3.8) is 0 Å². The lowest BCUT2D eigenvalue weighted by Crippen LogP contribution is -2.37. The third kappa shape index (κ3) is 7.15. The number of ether oxygens (including phenoxy) is 2. The van der Waals surface area contributed by atoms with Crippen LogP contribution in [0.25, 0.3) is 0 Å². The topological polar surface area (TPSA) is 102 Å². The van der Waals surface area contributed by atoms with Crippen LogP contribution in [-0.2, 0) is 19.6 Å². The van der Waals surface area contributed by atoms with Gasteiger partial charge in [0.25, 0.3) is 0 Å². The summed E-state index contributed by atoms with van der Waals surface area (Å²) in [6.07, 6.45) is 0.988. The van der Waals surface area contributed by atoms with Crippen LogP contribution in [-0.4, -0.2) is 45.8 Å². The fourth-order valence-corrected chi connectivity index (χ4v) is 3.73. The number of carbonyl (C=O) groups excluding carboxylic acids is 2. The fourth-order valence-electron chi connectivity index (χ4n) is 2.64. The van der Waals surface area contributed by atoms with Gasteiger partial charge in [0.15, 0.2) is 0 Å². The van der Waals surface area contributed by atoms with Crippen LogP contribution in [0.15, 0.2) is 42.5 Å². The molecule has 0 spiro atoms. The third-order valence-electron chi connectivity index (χ3n) is 3.94. The van der Waals surface area contributed by atoms with E-state index in [4.69, 9.17) is 21.1 Å². The van der Waals surface area contributed by atoms with Crippen molar-refractivity contribution >= 4 is 44.9 Å². The van der Waals surface area contributed by atoms with Gasteiger partial charge in [-0.3, -0.25) is 9.10 Å². The second-order valence-electron chi connectivity index (χ2n) is 6.89. The van der Waals surface area contributed by atoms with Gasteiger partial charge in [-0.25, -0.2) is 13.2 Å². The van der Waals surface area contributed by atoms with E-state index in [1.807, 2.05) is 13.8 Å². The number of halogens is 1. The van der Waals surface area contributed by atoms with Crippen molar-refractivity contribution in [3.8, 4) is 5.75 Å². The van der Waals surface area contributed by atoms with Crippen LogP contribution in [0, 0.1) is 0 Å². The van der Waals surface area contributed by atoms with Gasteiger partial charge in [-0.05, 0) is 63.2 Å². The molecule has 10 heteroatoms. The largest absolute Gasteiger partial charge is 0.491 e. The zero-order valence-electron chi connectivity index (χ0n) is 17.7. The van der Waals surface area contributed by atoms with Gasteiger partial charge in [-0.15, -0.1) is 0 Å². The molecule has 0 aliphatic carbocycles. The highest BCUT2D eigenvalue weighted by Crippen LogP contribution is 2.25. The van der Waals surface area contributed by atoms with E-state index < -0.39 is 28.4 Å². The number of sulfonamides is 1. The Labute approximate surface area is 187 Å². The Morgan fingerprint density at radius 1 is 1.13 bits per heavy atom. The molecule has 0 radical (unpaired) electrons. The highest BCUT2D eigenvalue weighted by molar-refractivity contribution is 7.92. The quantitative estimate of drug-likeness (QED) is 0.563. The lowest BCUT2D eigenvalue weighted by molar-refractivity contribution is -0.114. The van der Waals surface area contributed by atoms with Gasteiger partial charge in [0.1, 0.15) is 12.3 Å². The molecular formula is C21H25ClN2O6S. The van der Waals surface area contributed by atoms with Crippen LogP contribution < -0.4 is 14.4 Å². The average Bonchev–Trinajstić information content (AvgIpc) is 2.67. The SMILES string of the molecule is CCOC(=O)c1ccc(NC(=O)CN(c2ccc(OC(C)C)cc2)S(C)(=O)=O)c(Cl)c1. The van der Waals surface area contributed by atoms with E-state index in [0.717, 1.165) is 10.6 Å². The second-order valence-corrected chi connectivity index (χ2v) is 9.21. The molecule has 2 aromatic rings. The van der Waals surface area contributed by atoms with Crippen molar-refractivity contribution in [2.75, 3.05) is 29.0 Å². The first-order valence-electron chi connectivity index (χ1n) is 9.52. The number of nitrogens with zero attached hydrogens (tertiary/aromatic N) is 1. The zero-order chi connectivity index (χ0) is 23.2. The minimum absolute atomic E-state index is 0.0254. The molecule has 0 fully saturated rings. The fraction of sp³-hybridized carbons (Fsp3) is 0.333. The number of esters is 1. The van der Waals surface area contributed by atoms with Crippen LogP contribution in [0.4, 0.5) is 11.4 Å². The Bertz CT molecular complexity index is 1040. The van der Waals surface area contributed by atoms with Gasteiger partial charge in [0.2, 0.25) is 15.9 Å². The van der Waals surface area contributed by atoms with E-state index in [0.29, 0.717) is 11.4 Å². The highest BCUT2D eigenvalue weighted by atomic mass is 35.5. The van der Waals surface area contributed by atoms with Crippen molar-refractivity contribution < 1.29 is 27.5 Å². The first-order valence-corrected chi connectivity index (χ1v) is 11.7. The average molecular weight is 469 g/mol. The summed E-state index contributed by atoms with van der Waals surface area (Å²) in [5, 5.41) is 2.69. The molecule has 0 aliphatic rings. The minimum atomic E-state index is -3.74. The number of amides is 1. The standard InChI is InChI=1S/C21H25ClN2O6S/c1-5-29-21(26)15-6-11-19(18(22)12-15)23-20(25)13-24(31(4,27)28)16-7-9-17(10-8-16)30-14(2)3/h6-12,14H,5,13H2,1-4H3,(H,23,25). The van der Waals surface area contributed by atoms with Gasteiger partial charge in [-0.2, -0.15) is 0 Å². The van der Waals surface area contributed by atoms with E-state index >= 15 is 0 Å². The molecule has 31 heavy (non-hydrogen) atoms. The molecule has 2 rings (SSSR count).